The molecule has 0 spiro atoms. The van der Waals surface area contributed by atoms with Crippen LogP contribution in [0.25, 0.3) is 142 Å². The molecular weight excluding hydrogens is 845 g/mol. The Morgan fingerprint density at radius 1 is 0.186 bits per heavy atom. The molecule has 0 saturated carbocycles. The van der Waals surface area contributed by atoms with Crippen LogP contribution in [0.5, 0.6) is 0 Å². The molecule has 0 amide bonds. The van der Waals surface area contributed by atoms with Crippen molar-refractivity contribution in [2.45, 2.75) is 0 Å². The van der Waals surface area contributed by atoms with Gasteiger partial charge in [-0.05, 0) is 131 Å². The zero-order valence-corrected chi connectivity index (χ0v) is 38.1. The third kappa shape index (κ3) is 5.81. The maximum absolute atomic E-state index is 2.54. The van der Waals surface area contributed by atoms with E-state index in [0.717, 1.165) is 5.69 Å². The topological polar surface area (TPSA) is 9.86 Å². The first-order chi connectivity index (χ1) is 34.7. The van der Waals surface area contributed by atoms with Gasteiger partial charge in [0.1, 0.15) is 0 Å². The molecule has 0 atom stereocenters. The number of aromatic nitrogens is 2. The first-order valence-electron chi connectivity index (χ1n) is 24.2. The maximum Gasteiger partial charge on any atom is 0.0547 e. The van der Waals surface area contributed by atoms with E-state index >= 15 is 0 Å². The monoisotopic (exact) mass is 886 g/mol. The quantitative estimate of drug-likeness (QED) is 0.152. The van der Waals surface area contributed by atoms with Crippen molar-refractivity contribution in [3.05, 3.63) is 255 Å². The number of nitrogens with zero attached hydrogens (tertiary/aromatic N) is 2. The largest absolute Gasteiger partial charge is 0.309 e. The van der Waals surface area contributed by atoms with Crippen molar-refractivity contribution in [2.24, 2.45) is 0 Å². The number of benzene rings is 13. The lowest BCUT2D eigenvalue weighted by Crippen LogP contribution is -1.98. The summed E-state index contributed by atoms with van der Waals surface area (Å²) in [5.41, 5.74) is 14.3. The van der Waals surface area contributed by atoms with E-state index in [1.807, 2.05) is 0 Å². The van der Waals surface area contributed by atoms with Crippen molar-refractivity contribution < 1.29 is 0 Å². The highest BCUT2D eigenvalue weighted by Gasteiger charge is 2.21. The van der Waals surface area contributed by atoms with E-state index in [4.69, 9.17) is 0 Å². The summed E-state index contributed by atoms with van der Waals surface area (Å²) in [4.78, 5) is 0. The van der Waals surface area contributed by atoms with Crippen LogP contribution in [0.15, 0.2) is 255 Å². The minimum atomic E-state index is 1.16. The van der Waals surface area contributed by atoms with Gasteiger partial charge in [-0.3, -0.25) is 0 Å². The molecular formula is C68H42N2. The Labute approximate surface area is 404 Å². The average Bonchev–Trinajstić information content (AvgIpc) is 3.93. The molecule has 13 aromatic carbocycles. The Bertz CT molecular complexity index is 4510. The van der Waals surface area contributed by atoms with Gasteiger partial charge >= 0.3 is 0 Å². The van der Waals surface area contributed by atoms with Crippen molar-refractivity contribution in [2.75, 3.05) is 0 Å². The van der Waals surface area contributed by atoms with E-state index in [9.17, 15) is 0 Å². The molecule has 0 aliphatic heterocycles. The van der Waals surface area contributed by atoms with Crippen molar-refractivity contribution in [3.8, 4) is 44.8 Å². The van der Waals surface area contributed by atoms with Crippen LogP contribution in [-0.4, -0.2) is 9.13 Å². The van der Waals surface area contributed by atoms with Gasteiger partial charge in [0.15, 0.2) is 0 Å². The first kappa shape index (κ1) is 38.8. The second kappa shape index (κ2) is 15.1. The molecule has 0 unspecified atom stereocenters. The summed E-state index contributed by atoms with van der Waals surface area (Å²) in [7, 11) is 0. The minimum Gasteiger partial charge on any atom is -0.309 e. The summed E-state index contributed by atoms with van der Waals surface area (Å²) < 4.78 is 5.01. The standard InChI is InChI=1S/C68H42N2/c1-5-21-51-43(14-1)18-11-26-54(51)48-32-36-65-61(38-48)62-39-49(55-27-12-19-44-15-2-6-22-52(44)55)33-37-66(62)70(65)68-42-50(40-60-53-23-7-3-17-46(53)30-34-59(60)68)47-31-35-58-57-25-9-10-28-64(57)69(67(58)41-47)63-29-13-20-45-16-4-8-24-56(45)63/h1-42H. The van der Waals surface area contributed by atoms with Crippen LogP contribution in [0.3, 0.4) is 0 Å². The van der Waals surface area contributed by atoms with Crippen LogP contribution in [0, 0.1) is 0 Å². The zero-order valence-electron chi connectivity index (χ0n) is 38.1. The van der Waals surface area contributed by atoms with Gasteiger partial charge in [-0.25, -0.2) is 0 Å². The van der Waals surface area contributed by atoms with Gasteiger partial charge in [-0.1, -0.05) is 200 Å². The number of para-hydroxylation sites is 1. The molecule has 324 valence electrons. The molecule has 0 aliphatic rings. The van der Waals surface area contributed by atoms with Crippen LogP contribution >= 0.6 is 0 Å². The molecule has 0 radical (unpaired) electrons. The Morgan fingerprint density at radius 2 is 0.629 bits per heavy atom. The van der Waals surface area contributed by atoms with E-state index in [1.165, 1.54) is 137 Å². The van der Waals surface area contributed by atoms with Crippen molar-refractivity contribution >= 4 is 97.5 Å². The Hall–Kier alpha value is -9.24. The normalized spacial score (nSPS) is 12.0. The lowest BCUT2D eigenvalue weighted by atomic mass is 9.95. The molecule has 0 bridgehead atoms. The average molecular weight is 887 g/mol. The highest BCUT2D eigenvalue weighted by molar-refractivity contribution is 6.18. The maximum atomic E-state index is 2.54. The van der Waals surface area contributed by atoms with Crippen LogP contribution in [0.1, 0.15) is 0 Å². The van der Waals surface area contributed by atoms with E-state index in [2.05, 4.69) is 264 Å². The van der Waals surface area contributed by atoms with E-state index in [1.54, 1.807) is 0 Å². The van der Waals surface area contributed by atoms with Gasteiger partial charge in [-0.2, -0.15) is 0 Å². The predicted octanol–water partition coefficient (Wildman–Crippen LogP) is 18.6. The van der Waals surface area contributed by atoms with Crippen LogP contribution in [-0.2, 0) is 0 Å². The fraction of sp³-hybridized carbons (Fsp3) is 0. The lowest BCUT2D eigenvalue weighted by molar-refractivity contribution is 1.19. The molecule has 15 rings (SSSR count). The van der Waals surface area contributed by atoms with Crippen molar-refractivity contribution in [1.82, 2.24) is 9.13 Å². The van der Waals surface area contributed by atoms with Crippen molar-refractivity contribution in [1.29, 1.82) is 0 Å². The van der Waals surface area contributed by atoms with Gasteiger partial charge in [0, 0.05) is 32.3 Å². The first-order valence-corrected chi connectivity index (χ1v) is 24.2. The van der Waals surface area contributed by atoms with E-state index < -0.39 is 0 Å². The summed E-state index contributed by atoms with van der Waals surface area (Å²) in [5, 5.41) is 17.3. The lowest BCUT2D eigenvalue weighted by Gasteiger charge is -2.17. The smallest absolute Gasteiger partial charge is 0.0547 e. The summed E-state index contributed by atoms with van der Waals surface area (Å²) in [6.45, 7) is 0. The molecule has 0 N–H and O–H groups in total. The molecule has 2 nitrogen and oxygen atoms in total. The molecule has 0 aliphatic carbocycles. The molecule has 0 fully saturated rings. The fourth-order valence-electron chi connectivity index (χ4n) is 11.8. The second-order valence-electron chi connectivity index (χ2n) is 18.8. The van der Waals surface area contributed by atoms with Crippen LogP contribution < -0.4 is 0 Å². The highest BCUT2D eigenvalue weighted by atomic mass is 15.0. The van der Waals surface area contributed by atoms with Gasteiger partial charge in [0.25, 0.3) is 0 Å². The molecule has 2 heterocycles. The van der Waals surface area contributed by atoms with Gasteiger partial charge in [-0.15, -0.1) is 0 Å². The fourth-order valence-corrected chi connectivity index (χ4v) is 11.8. The van der Waals surface area contributed by atoms with Gasteiger partial charge in [0.05, 0.1) is 33.4 Å². The van der Waals surface area contributed by atoms with Gasteiger partial charge in [0.2, 0.25) is 0 Å². The minimum absolute atomic E-state index is 1.16. The number of hydrogen-bond donors (Lipinski definition) is 0. The number of hydrogen-bond acceptors (Lipinski definition) is 0. The summed E-state index contributed by atoms with van der Waals surface area (Å²) in [6.07, 6.45) is 0. The second-order valence-corrected chi connectivity index (χ2v) is 18.8. The molecule has 0 saturated heterocycles. The number of rotatable bonds is 5. The zero-order chi connectivity index (χ0) is 45.9. The summed E-state index contributed by atoms with van der Waals surface area (Å²) >= 11 is 0. The highest BCUT2D eigenvalue weighted by Crippen LogP contribution is 2.44. The van der Waals surface area contributed by atoms with E-state index in [0.29, 0.717) is 0 Å². The van der Waals surface area contributed by atoms with Gasteiger partial charge < -0.3 is 9.13 Å². The Kier molecular flexibility index (Phi) is 8.39. The third-order valence-corrected chi connectivity index (χ3v) is 15.1. The molecule has 2 aromatic heterocycles. The Balaban J connectivity index is 1.02. The van der Waals surface area contributed by atoms with Crippen molar-refractivity contribution in [3.63, 3.8) is 0 Å². The summed E-state index contributed by atoms with van der Waals surface area (Å²) in [6, 6.07) is 94.7. The third-order valence-electron chi connectivity index (χ3n) is 15.1. The predicted molar refractivity (Wildman–Crippen MR) is 299 cm³/mol. The summed E-state index contributed by atoms with van der Waals surface area (Å²) in [5.74, 6) is 0. The Morgan fingerprint density at radius 3 is 1.29 bits per heavy atom. The SMILES string of the molecule is c1ccc2c(-c3ccc4c(c3)c3cc(-c5cccc6ccccc56)ccc3n4-c3cc(-c4ccc5c6ccccc6n(-c6cccc7ccccc67)c5c4)cc4c3ccc3ccccc34)cccc2c1. The molecule has 15 aromatic rings. The van der Waals surface area contributed by atoms with Crippen LogP contribution in [0.4, 0.5) is 0 Å². The van der Waals surface area contributed by atoms with E-state index in [-0.39, 0.29) is 0 Å². The number of fused-ring (bicyclic) bond motifs is 12. The molecule has 70 heavy (non-hydrogen) atoms. The molecule has 2 heteroatoms. The van der Waals surface area contributed by atoms with Crippen LogP contribution in [0.2, 0.25) is 0 Å².